The number of methoxy groups -OCH3 is 1. The number of rotatable bonds is 12. The smallest absolute Gasteiger partial charge is 0.130 e. The molecule has 5 nitrogen and oxygen atoms in total. The number of anilines is 2. The van der Waals surface area contributed by atoms with Gasteiger partial charge in [-0.1, -0.05) is 39.1 Å². The third kappa shape index (κ3) is 7.16. The Kier molecular flexibility index (Phi) is 9.72. The van der Waals surface area contributed by atoms with Crippen LogP contribution >= 0.6 is 27.7 Å². The first-order chi connectivity index (χ1) is 14.7. The van der Waals surface area contributed by atoms with Crippen molar-refractivity contribution in [2.75, 3.05) is 44.0 Å². The Labute approximate surface area is 200 Å². The van der Waals surface area contributed by atoms with E-state index < -0.39 is 0 Å². The van der Waals surface area contributed by atoms with Crippen molar-refractivity contribution < 1.29 is 4.74 Å². The van der Waals surface area contributed by atoms with E-state index in [2.05, 4.69) is 76.8 Å². The number of hydrogen-bond donors (Lipinski definition) is 2. The third-order valence-corrected chi connectivity index (χ3v) is 7.41. The fourth-order valence-electron chi connectivity index (χ4n) is 3.06. The standard InChI is InChI=1S/C24H35BrN4OS/c1-8-24(4,5)16-27-13-14-29(21-11-12-28-23(26-6)17(21)2)18(3)31-22-15-19(30-7)9-10-20(22)25/h9-12,15,27H,3,8,13-14,16H2,1-2,4-7H3,(H,26,28). The van der Waals surface area contributed by atoms with Crippen LogP contribution in [0.1, 0.15) is 32.8 Å². The molecule has 7 heteroatoms. The molecule has 1 heterocycles. The molecule has 2 rings (SSSR count). The molecule has 0 bridgehead atoms. The summed E-state index contributed by atoms with van der Waals surface area (Å²) >= 11 is 5.28. The molecule has 0 fully saturated rings. The maximum absolute atomic E-state index is 5.40. The Balaban J connectivity index is 2.26. The van der Waals surface area contributed by atoms with E-state index in [1.54, 1.807) is 18.9 Å². The monoisotopic (exact) mass is 506 g/mol. The van der Waals surface area contributed by atoms with Gasteiger partial charge in [0, 0.05) is 53.5 Å². The van der Waals surface area contributed by atoms with Gasteiger partial charge in [0.1, 0.15) is 11.6 Å². The van der Waals surface area contributed by atoms with E-state index in [1.807, 2.05) is 31.4 Å². The summed E-state index contributed by atoms with van der Waals surface area (Å²) in [5, 5.41) is 7.75. The van der Waals surface area contributed by atoms with E-state index in [0.29, 0.717) is 0 Å². The minimum Gasteiger partial charge on any atom is -0.497 e. The Morgan fingerprint density at radius 2 is 2.06 bits per heavy atom. The van der Waals surface area contributed by atoms with Gasteiger partial charge < -0.3 is 20.3 Å². The summed E-state index contributed by atoms with van der Waals surface area (Å²) in [5.74, 6) is 1.70. The second kappa shape index (κ2) is 11.8. The van der Waals surface area contributed by atoms with E-state index in [0.717, 1.165) is 63.3 Å². The summed E-state index contributed by atoms with van der Waals surface area (Å²) < 4.78 is 6.42. The van der Waals surface area contributed by atoms with Crippen LogP contribution in [0.15, 0.2) is 51.4 Å². The van der Waals surface area contributed by atoms with Gasteiger partial charge in [0.2, 0.25) is 0 Å². The van der Waals surface area contributed by atoms with Crippen LogP contribution in [0, 0.1) is 12.3 Å². The van der Waals surface area contributed by atoms with Crippen molar-refractivity contribution in [3.05, 3.63) is 52.1 Å². The van der Waals surface area contributed by atoms with Gasteiger partial charge in [-0.05, 0) is 59.0 Å². The second-order valence-corrected chi connectivity index (χ2v) is 10.2. The first kappa shape index (κ1) is 25.6. The largest absolute Gasteiger partial charge is 0.497 e. The van der Waals surface area contributed by atoms with Crippen LogP contribution in [0.5, 0.6) is 5.75 Å². The zero-order valence-electron chi connectivity index (χ0n) is 19.5. The quantitative estimate of drug-likeness (QED) is 0.260. The van der Waals surface area contributed by atoms with E-state index in [4.69, 9.17) is 4.74 Å². The van der Waals surface area contributed by atoms with Crippen LogP contribution < -0.4 is 20.3 Å². The molecule has 0 amide bonds. The highest BCUT2D eigenvalue weighted by atomic mass is 79.9. The number of benzene rings is 1. The molecule has 0 aliphatic heterocycles. The van der Waals surface area contributed by atoms with E-state index in [9.17, 15) is 0 Å². The van der Waals surface area contributed by atoms with Gasteiger partial charge in [-0.15, -0.1) is 0 Å². The van der Waals surface area contributed by atoms with Crippen molar-refractivity contribution in [1.82, 2.24) is 10.3 Å². The first-order valence-corrected chi connectivity index (χ1v) is 12.1. The van der Waals surface area contributed by atoms with Crippen molar-refractivity contribution in [3.8, 4) is 5.75 Å². The molecular formula is C24H35BrN4OS. The summed E-state index contributed by atoms with van der Waals surface area (Å²) in [7, 11) is 3.58. The number of hydrogen-bond acceptors (Lipinski definition) is 6. The predicted octanol–water partition coefficient (Wildman–Crippen LogP) is 6.30. The van der Waals surface area contributed by atoms with Gasteiger partial charge in [0.15, 0.2) is 0 Å². The minimum atomic E-state index is 0.286. The fourth-order valence-corrected chi connectivity index (χ4v) is 4.45. The molecule has 0 saturated carbocycles. The zero-order valence-corrected chi connectivity index (χ0v) is 21.9. The number of nitrogens with one attached hydrogen (secondary N) is 2. The van der Waals surface area contributed by atoms with Crippen LogP contribution in [0.25, 0.3) is 0 Å². The minimum absolute atomic E-state index is 0.286. The van der Waals surface area contributed by atoms with Crippen LogP contribution in [-0.4, -0.2) is 38.8 Å². The van der Waals surface area contributed by atoms with Crippen molar-refractivity contribution in [2.24, 2.45) is 5.41 Å². The Bertz CT molecular complexity index is 888. The average molecular weight is 508 g/mol. The molecule has 0 unspecified atom stereocenters. The number of thioether (sulfide) groups is 1. The molecular weight excluding hydrogens is 472 g/mol. The molecule has 0 radical (unpaired) electrons. The highest BCUT2D eigenvalue weighted by Gasteiger charge is 2.19. The van der Waals surface area contributed by atoms with Gasteiger partial charge in [0.05, 0.1) is 12.1 Å². The maximum atomic E-state index is 5.40. The van der Waals surface area contributed by atoms with Crippen LogP contribution in [0.2, 0.25) is 0 Å². The molecule has 0 atom stereocenters. The van der Waals surface area contributed by atoms with Crippen molar-refractivity contribution in [3.63, 3.8) is 0 Å². The van der Waals surface area contributed by atoms with Gasteiger partial charge in [-0.3, -0.25) is 0 Å². The summed E-state index contributed by atoms with van der Waals surface area (Å²) in [4.78, 5) is 7.77. The predicted molar refractivity (Wildman–Crippen MR) is 138 cm³/mol. The lowest BCUT2D eigenvalue weighted by Gasteiger charge is -2.30. The highest BCUT2D eigenvalue weighted by Crippen LogP contribution is 2.38. The average Bonchev–Trinajstić information content (AvgIpc) is 2.75. The molecule has 170 valence electrons. The fraction of sp³-hybridized carbons (Fsp3) is 0.458. The Morgan fingerprint density at radius 3 is 2.71 bits per heavy atom. The number of aromatic nitrogens is 1. The van der Waals surface area contributed by atoms with Gasteiger partial charge in [-0.25, -0.2) is 4.98 Å². The molecule has 1 aromatic heterocycles. The van der Waals surface area contributed by atoms with E-state index in [1.165, 1.54) is 0 Å². The number of ether oxygens (including phenoxy) is 1. The normalized spacial score (nSPS) is 11.3. The van der Waals surface area contributed by atoms with Gasteiger partial charge in [-0.2, -0.15) is 0 Å². The molecule has 0 spiro atoms. The van der Waals surface area contributed by atoms with E-state index in [-0.39, 0.29) is 5.41 Å². The van der Waals surface area contributed by atoms with Crippen LogP contribution in [-0.2, 0) is 0 Å². The van der Waals surface area contributed by atoms with Crippen LogP contribution in [0.3, 0.4) is 0 Å². The lowest BCUT2D eigenvalue weighted by molar-refractivity contribution is 0.330. The molecule has 0 saturated heterocycles. The number of halogens is 1. The number of nitrogens with zero attached hydrogens (tertiary/aromatic N) is 2. The molecule has 31 heavy (non-hydrogen) atoms. The van der Waals surface area contributed by atoms with Gasteiger partial charge >= 0.3 is 0 Å². The molecule has 2 aromatic rings. The summed E-state index contributed by atoms with van der Waals surface area (Å²) in [6.07, 6.45) is 2.99. The van der Waals surface area contributed by atoms with Crippen molar-refractivity contribution in [1.29, 1.82) is 0 Å². The van der Waals surface area contributed by atoms with E-state index >= 15 is 0 Å². The summed E-state index contributed by atoms with van der Waals surface area (Å²) in [6, 6.07) is 8.03. The molecule has 2 N–H and O–H groups in total. The second-order valence-electron chi connectivity index (χ2n) is 8.19. The first-order valence-electron chi connectivity index (χ1n) is 10.5. The van der Waals surface area contributed by atoms with Crippen LogP contribution in [0.4, 0.5) is 11.5 Å². The van der Waals surface area contributed by atoms with Crippen molar-refractivity contribution >= 4 is 39.2 Å². The summed E-state index contributed by atoms with van der Waals surface area (Å²) in [6.45, 7) is 16.0. The highest BCUT2D eigenvalue weighted by molar-refractivity contribution is 9.10. The molecule has 0 aliphatic rings. The SMILES string of the molecule is C=C(Sc1cc(OC)ccc1Br)N(CCNCC(C)(C)CC)c1ccnc(NC)c1C. The molecule has 1 aromatic carbocycles. The lowest BCUT2D eigenvalue weighted by Crippen LogP contribution is -2.35. The third-order valence-electron chi connectivity index (χ3n) is 5.44. The Morgan fingerprint density at radius 1 is 1.32 bits per heavy atom. The number of pyridine rings is 1. The molecule has 0 aliphatic carbocycles. The maximum Gasteiger partial charge on any atom is 0.130 e. The zero-order chi connectivity index (χ0) is 23.0. The topological polar surface area (TPSA) is 49.4 Å². The Hall–Kier alpha value is -1.70. The lowest BCUT2D eigenvalue weighted by atomic mass is 9.90. The van der Waals surface area contributed by atoms with Gasteiger partial charge in [0.25, 0.3) is 0 Å². The van der Waals surface area contributed by atoms with Crippen molar-refractivity contribution in [2.45, 2.75) is 39.0 Å². The summed E-state index contributed by atoms with van der Waals surface area (Å²) in [5.41, 5.74) is 2.49.